The number of amides is 1. The Hall–Kier alpha value is -3.97. The molecule has 1 aliphatic rings. The number of halogens is 1. The lowest BCUT2D eigenvalue weighted by Gasteiger charge is -2.31. The summed E-state index contributed by atoms with van der Waals surface area (Å²) < 4.78 is 7.63. The Labute approximate surface area is 201 Å². The molecular formula is C26H23ClN4O3. The van der Waals surface area contributed by atoms with Gasteiger partial charge in [0.25, 0.3) is 5.91 Å². The second-order valence-electron chi connectivity index (χ2n) is 7.95. The third-order valence-electron chi connectivity index (χ3n) is 5.80. The monoisotopic (exact) mass is 474 g/mol. The lowest BCUT2D eigenvalue weighted by molar-refractivity contribution is -0.113. The van der Waals surface area contributed by atoms with Gasteiger partial charge in [0.05, 0.1) is 40.0 Å². The fourth-order valence-electron chi connectivity index (χ4n) is 4.30. The first-order valence-corrected chi connectivity index (χ1v) is 11.3. The maximum absolute atomic E-state index is 13.7. The standard InChI is InChI=1S/C26H23ClN4O3/c1-3-34-22-14-16(12-13-21(22)32)24-23(25(33)29-18-9-5-4-8-17(18)27)15(2)28-26-30-19-10-6-7-11-20(19)31(24)26/h4-14,24,32H,3H2,1-2H3,(H,28,30)(H,29,33). The van der Waals surface area contributed by atoms with E-state index >= 15 is 0 Å². The van der Waals surface area contributed by atoms with Gasteiger partial charge in [-0.05, 0) is 55.8 Å². The van der Waals surface area contributed by atoms with Gasteiger partial charge in [0, 0.05) is 5.70 Å². The number of carbonyl (C=O) groups is 1. The van der Waals surface area contributed by atoms with Crippen molar-refractivity contribution in [3.8, 4) is 11.5 Å². The number of phenols is 1. The molecule has 172 valence electrons. The summed E-state index contributed by atoms with van der Waals surface area (Å²) in [6.45, 7) is 4.10. The van der Waals surface area contributed by atoms with Gasteiger partial charge in [-0.1, -0.05) is 41.9 Å². The number of rotatable bonds is 5. The van der Waals surface area contributed by atoms with Crippen molar-refractivity contribution in [2.24, 2.45) is 0 Å². The van der Waals surface area contributed by atoms with E-state index in [9.17, 15) is 9.90 Å². The average Bonchev–Trinajstić information content (AvgIpc) is 3.19. The van der Waals surface area contributed by atoms with Gasteiger partial charge in [-0.2, -0.15) is 0 Å². The van der Waals surface area contributed by atoms with Crippen LogP contribution in [0, 0.1) is 0 Å². The van der Waals surface area contributed by atoms with Crippen LogP contribution < -0.4 is 15.4 Å². The van der Waals surface area contributed by atoms with Crippen LogP contribution in [0.5, 0.6) is 11.5 Å². The molecule has 1 amide bonds. The Kier molecular flexibility index (Phi) is 5.63. The van der Waals surface area contributed by atoms with Gasteiger partial charge in [0.15, 0.2) is 11.5 Å². The molecule has 0 fully saturated rings. The minimum Gasteiger partial charge on any atom is -0.504 e. The smallest absolute Gasteiger partial charge is 0.255 e. The van der Waals surface area contributed by atoms with E-state index in [0.29, 0.717) is 40.3 Å². The highest BCUT2D eigenvalue weighted by Gasteiger charge is 2.34. The van der Waals surface area contributed by atoms with E-state index in [4.69, 9.17) is 21.3 Å². The normalized spacial score (nSPS) is 15.1. The minimum atomic E-state index is -0.522. The van der Waals surface area contributed by atoms with Crippen molar-refractivity contribution in [3.63, 3.8) is 0 Å². The van der Waals surface area contributed by atoms with Gasteiger partial charge in [-0.15, -0.1) is 0 Å². The van der Waals surface area contributed by atoms with E-state index < -0.39 is 6.04 Å². The molecule has 3 N–H and O–H groups in total. The summed E-state index contributed by atoms with van der Waals surface area (Å²) in [4.78, 5) is 18.4. The summed E-state index contributed by atoms with van der Waals surface area (Å²) in [6.07, 6.45) is 0. The van der Waals surface area contributed by atoms with Crippen LogP contribution in [-0.4, -0.2) is 27.2 Å². The second kappa shape index (κ2) is 8.76. The number of phenolic OH excluding ortho intramolecular Hbond substituents is 1. The molecule has 8 heteroatoms. The lowest BCUT2D eigenvalue weighted by atomic mass is 9.94. The molecule has 34 heavy (non-hydrogen) atoms. The summed E-state index contributed by atoms with van der Waals surface area (Å²) in [7, 11) is 0. The van der Waals surface area contributed by atoms with Crippen molar-refractivity contribution in [2.45, 2.75) is 19.9 Å². The number of fused-ring (bicyclic) bond motifs is 3. The molecule has 0 radical (unpaired) electrons. The van der Waals surface area contributed by atoms with Gasteiger partial charge in [0.1, 0.15) is 0 Å². The summed E-state index contributed by atoms with van der Waals surface area (Å²) in [6, 6.07) is 19.5. The minimum absolute atomic E-state index is 0.0398. The number of benzene rings is 3. The average molecular weight is 475 g/mol. The van der Waals surface area contributed by atoms with E-state index in [-0.39, 0.29) is 11.7 Å². The van der Waals surface area contributed by atoms with Crippen molar-refractivity contribution in [3.05, 3.63) is 88.6 Å². The van der Waals surface area contributed by atoms with Crippen molar-refractivity contribution in [2.75, 3.05) is 17.2 Å². The van der Waals surface area contributed by atoms with Crippen LogP contribution in [0.1, 0.15) is 25.5 Å². The number of para-hydroxylation sites is 3. The summed E-state index contributed by atoms with van der Waals surface area (Å²) in [5.41, 5.74) is 4.15. The number of anilines is 2. The quantitative estimate of drug-likeness (QED) is 0.344. The molecule has 3 aromatic carbocycles. The molecule has 1 atom stereocenters. The first-order chi connectivity index (χ1) is 16.5. The van der Waals surface area contributed by atoms with Crippen molar-refractivity contribution in [1.82, 2.24) is 9.55 Å². The Bertz CT molecular complexity index is 1440. The molecule has 1 aliphatic heterocycles. The predicted octanol–water partition coefficient (Wildman–Crippen LogP) is 5.72. The van der Waals surface area contributed by atoms with E-state index in [1.807, 2.05) is 54.8 Å². The van der Waals surface area contributed by atoms with Crippen molar-refractivity contribution in [1.29, 1.82) is 0 Å². The maximum Gasteiger partial charge on any atom is 0.255 e. The number of nitrogens with one attached hydrogen (secondary N) is 2. The van der Waals surface area contributed by atoms with Crippen LogP contribution in [-0.2, 0) is 4.79 Å². The number of carbonyl (C=O) groups excluding carboxylic acids is 1. The van der Waals surface area contributed by atoms with Gasteiger partial charge in [-0.25, -0.2) is 4.98 Å². The van der Waals surface area contributed by atoms with E-state index in [1.54, 1.807) is 30.3 Å². The highest BCUT2D eigenvalue weighted by molar-refractivity contribution is 6.33. The third-order valence-corrected chi connectivity index (χ3v) is 6.13. The molecule has 0 aliphatic carbocycles. The third kappa shape index (κ3) is 3.74. The summed E-state index contributed by atoms with van der Waals surface area (Å²) >= 11 is 6.31. The van der Waals surface area contributed by atoms with Crippen LogP contribution in [0.4, 0.5) is 11.6 Å². The zero-order valence-electron chi connectivity index (χ0n) is 18.7. The second-order valence-corrected chi connectivity index (χ2v) is 8.36. The van der Waals surface area contributed by atoms with Crippen LogP contribution in [0.3, 0.4) is 0 Å². The van der Waals surface area contributed by atoms with Gasteiger partial charge in [0.2, 0.25) is 5.95 Å². The molecular weight excluding hydrogens is 452 g/mol. The predicted molar refractivity (Wildman–Crippen MR) is 134 cm³/mol. The number of imidazole rings is 1. The molecule has 0 saturated heterocycles. The molecule has 0 bridgehead atoms. The number of hydrogen-bond donors (Lipinski definition) is 3. The van der Waals surface area contributed by atoms with Gasteiger partial charge in [-0.3, -0.25) is 9.36 Å². The van der Waals surface area contributed by atoms with Crippen LogP contribution in [0.15, 0.2) is 78.0 Å². The fourth-order valence-corrected chi connectivity index (χ4v) is 4.48. The molecule has 0 saturated carbocycles. The Morgan fingerprint density at radius 2 is 1.94 bits per heavy atom. The van der Waals surface area contributed by atoms with Crippen LogP contribution in [0.25, 0.3) is 11.0 Å². The number of ether oxygens (including phenoxy) is 1. The molecule has 7 nitrogen and oxygen atoms in total. The maximum atomic E-state index is 13.7. The largest absolute Gasteiger partial charge is 0.504 e. The molecule has 1 aromatic heterocycles. The topological polar surface area (TPSA) is 88.4 Å². The molecule has 0 spiro atoms. The fraction of sp³-hybridized carbons (Fsp3) is 0.154. The molecule has 5 rings (SSSR count). The highest BCUT2D eigenvalue weighted by Crippen LogP contribution is 2.41. The van der Waals surface area contributed by atoms with Crippen molar-refractivity contribution >= 4 is 40.2 Å². The zero-order valence-corrected chi connectivity index (χ0v) is 19.4. The Morgan fingerprint density at radius 1 is 1.18 bits per heavy atom. The SMILES string of the molecule is CCOc1cc(C2C(C(=O)Nc3ccccc3Cl)=C(C)Nc3nc4ccccc4n32)ccc1O. The molecule has 4 aromatic rings. The van der Waals surface area contributed by atoms with Crippen LogP contribution in [0.2, 0.25) is 5.02 Å². The van der Waals surface area contributed by atoms with Gasteiger partial charge < -0.3 is 20.5 Å². The first-order valence-electron chi connectivity index (χ1n) is 10.9. The Morgan fingerprint density at radius 3 is 2.74 bits per heavy atom. The Balaban J connectivity index is 1.69. The van der Waals surface area contributed by atoms with Gasteiger partial charge >= 0.3 is 0 Å². The van der Waals surface area contributed by atoms with E-state index in [1.165, 1.54) is 0 Å². The van der Waals surface area contributed by atoms with E-state index in [2.05, 4.69) is 10.6 Å². The number of aromatic hydroxyl groups is 1. The molecule has 1 unspecified atom stereocenters. The number of nitrogens with zero attached hydrogens (tertiary/aromatic N) is 2. The zero-order chi connectivity index (χ0) is 23.8. The molecule has 2 heterocycles. The number of hydrogen-bond acceptors (Lipinski definition) is 5. The highest BCUT2D eigenvalue weighted by atomic mass is 35.5. The number of aromatic nitrogens is 2. The first kappa shape index (κ1) is 21.9. The van der Waals surface area contributed by atoms with Crippen molar-refractivity contribution < 1.29 is 14.6 Å². The number of allylic oxidation sites excluding steroid dienone is 1. The lowest BCUT2D eigenvalue weighted by Crippen LogP contribution is -2.31. The van der Waals surface area contributed by atoms with Crippen LogP contribution >= 0.6 is 11.6 Å². The summed E-state index contributed by atoms with van der Waals surface area (Å²) in [5.74, 6) is 0.729. The van der Waals surface area contributed by atoms with E-state index in [0.717, 1.165) is 16.6 Å². The summed E-state index contributed by atoms with van der Waals surface area (Å²) in [5, 5.41) is 17.0.